The first-order chi connectivity index (χ1) is 9.49. The third kappa shape index (κ3) is 4.83. The van der Waals surface area contributed by atoms with E-state index in [0.29, 0.717) is 6.54 Å². The van der Waals surface area contributed by atoms with Crippen molar-refractivity contribution in [3.63, 3.8) is 0 Å². The molecule has 5 heteroatoms. The first-order valence-electron chi connectivity index (χ1n) is 6.87. The van der Waals surface area contributed by atoms with Crippen LogP contribution in [0.4, 0.5) is 4.39 Å². The second kappa shape index (κ2) is 8.32. The normalized spacial score (nSPS) is 16.1. The van der Waals surface area contributed by atoms with Gasteiger partial charge in [0, 0.05) is 25.7 Å². The van der Waals surface area contributed by atoms with E-state index in [2.05, 4.69) is 0 Å². The fraction of sp³-hybridized carbons (Fsp3) is 0.600. The zero-order valence-electron chi connectivity index (χ0n) is 12.4. The van der Waals surface area contributed by atoms with E-state index in [9.17, 15) is 9.50 Å². The van der Waals surface area contributed by atoms with Gasteiger partial charge in [-0.3, -0.25) is 4.90 Å². The minimum atomic E-state index is -0.572. The van der Waals surface area contributed by atoms with Gasteiger partial charge in [-0.25, -0.2) is 4.39 Å². The van der Waals surface area contributed by atoms with E-state index in [1.165, 1.54) is 12.1 Å². The minimum Gasteiger partial charge on any atom is -0.389 e. The highest BCUT2D eigenvalue weighted by atomic mass is 19.1. The predicted octanol–water partition coefficient (Wildman–Crippen LogP) is 1.54. The van der Waals surface area contributed by atoms with Crippen LogP contribution in [0.5, 0.6) is 0 Å². The van der Waals surface area contributed by atoms with E-state index in [4.69, 9.17) is 10.5 Å². The molecule has 0 saturated heterocycles. The molecule has 1 aromatic rings. The number of likely N-dealkylation sites (N-methyl/N-ethyl adjacent to an activating group) is 1. The van der Waals surface area contributed by atoms with Gasteiger partial charge in [0.1, 0.15) is 5.82 Å². The van der Waals surface area contributed by atoms with Crippen molar-refractivity contribution >= 4 is 0 Å². The van der Waals surface area contributed by atoms with Gasteiger partial charge in [-0.2, -0.15) is 0 Å². The van der Waals surface area contributed by atoms with Crippen LogP contribution in [0.25, 0.3) is 0 Å². The van der Waals surface area contributed by atoms with Crippen LogP contribution in [0, 0.1) is 5.82 Å². The average molecular weight is 284 g/mol. The minimum absolute atomic E-state index is 0.0629. The van der Waals surface area contributed by atoms with E-state index in [0.717, 1.165) is 12.0 Å². The molecule has 0 heterocycles. The molecule has 20 heavy (non-hydrogen) atoms. The standard InChI is InChI=1S/C15H25FN2O2/c1-4-14(17)15(11-5-7-12(16)8-6-11)18(2)9-13(19)10-20-3/h5-8,13-15,19H,4,9-10,17H2,1-3H3. The molecule has 3 atom stereocenters. The van der Waals surface area contributed by atoms with Crippen molar-refractivity contribution in [2.75, 3.05) is 27.3 Å². The van der Waals surface area contributed by atoms with Gasteiger partial charge in [0.05, 0.1) is 12.7 Å². The smallest absolute Gasteiger partial charge is 0.123 e. The predicted molar refractivity (Wildman–Crippen MR) is 77.9 cm³/mol. The van der Waals surface area contributed by atoms with E-state index < -0.39 is 6.10 Å². The maximum Gasteiger partial charge on any atom is 0.123 e. The van der Waals surface area contributed by atoms with Crippen molar-refractivity contribution in [2.24, 2.45) is 5.73 Å². The molecule has 0 aliphatic carbocycles. The summed E-state index contributed by atoms with van der Waals surface area (Å²) >= 11 is 0. The lowest BCUT2D eigenvalue weighted by molar-refractivity contribution is 0.0309. The third-order valence-corrected chi connectivity index (χ3v) is 3.42. The Hall–Kier alpha value is -1.01. The number of methoxy groups -OCH3 is 1. The maximum absolute atomic E-state index is 13.0. The summed E-state index contributed by atoms with van der Waals surface area (Å²) in [6.45, 7) is 2.74. The Bertz CT molecular complexity index is 386. The number of nitrogens with two attached hydrogens (primary N) is 1. The van der Waals surface area contributed by atoms with Crippen LogP contribution < -0.4 is 5.73 Å². The highest BCUT2D eigenvalue weighted by Crippen LogP contribution is 2.24. The first-order valence-corrected chi connectivity index (χ1v) is 6.87. The highest BCUT2D eigenvalue weighted by molar-refractivity contribution is 5.21. The zero-order valence-corrected chi connectivity index (χ0v) is 12.4. The third-order valence-electron chi connectivity index (χ3n) is 3.42. The largest absolute Gasteiger partial charge is 0.389 e. The topological polar surface area (TPSA) is 58.7 Å². The van der Waals surface area contributed by atoms with E-state index in [1.54, 1.807) is 19.2 Å². The molecule has 0 aromatic heterocycles. The van der Waals surface area contributed by atoms with Gasteiger partial charge in [0.15, 0.2) is 0 Å². The van der Waals surface area contributed by atoms with Gasteiger partial charge in [0.2, 0.25) is 0 Å². The van der Waals surface area contributed by atoms with Crippen molar-refractivity contribution in [1.29, 1.82) is 0 Å². The Morgan fingerprint density at radius 3 is 2.45 bits per heavy atom. The Balaban J connectivity index is 2.86. The van der Waals surface area contributed by atoms with Gasteiger partial charge < -0.3 is 15.6 Å². The van der Waals surface area contributed by atoms with E-state index in [-0.39, 0.29) is 24.5 Å². The van der Waals surface area contributed by atoms with Gasteiger partial charge in [-0.15, -0.1) is 0 Å². The summed E-state index contributed by atoms with van der Waals surface area (Å²) in [5, 5.41) is 9.85. The number of aliphatic hydroxyl groups is 1. The molecule has 1 rings (SSSR count). The lowest BCUT2D eigenvalue weighted by Gasteiger charge is -2.34. The summed E-state index contributed by atoms with van der Waals surface area (Å²) < 4.78 is 18.0. The summed E-state index contributed by atoms with van der Waals surface area (Å²) in [5.41, 5.74) is 7.14. The molecule has 114 valence electrons. The van der Waals surface area contributed by atoms with E-state index >= 15 is 0 Å². The van der Waals surface area contributed by atoms with Gasteiger partial charge >= 0.3 is 0 Å². The molecular weight excluding hydrogens is 259 g/mol. The van der Waals surface area contributed by atoms with Crippen LogP contribution in [0.2, 0.25) is 0 Å². The summed E-state index contributed by atoms with van der Waals surface area (Å²) in [6, 6.07) is 6.21. The number of hydrogen-bond donors (Lipinski definition) is 2. The summed E-state index contributed by atoms with van der Waals surface area (Å²) in [7, 11) is 3.46. The molecule has 0 aliphatic heterocycles. The van der Waals surface area contributed by atoms with Crippen LogP contribution in [-0.2, 0) is 4.74 Å². The molecule has 0 saturated carbocycles. The van der Waals surface area contributed by atoms with Crippen LogP contribution in [0.3, 0.4) is 0 Å². The molecule has 0 fully saturated rings. The molecule has 3 N–H and O–H groups in total. The van der Waals surface area contributed by atoms with Crippen LogP contribution in [0.1, 0.15) is 24.9 Å². The quantitative estimate of drug-likeness (QED) is 0.760. The van der Waals surface area contributed by atoms with Crippen LogP contribution in [-0.4, -0.2) is 49.5 Å². The number of benzene rings is 1. The summed E-state index contributed by atoms with van der Waals surface area (Å²) in [6.07, 6.45) is 0.226. The van der Waals surface area contributed by atoms with Gasteiger partial charge in [-0.1, -0.05) is 19.1 Å². The molecule has 0 amide bonds. The van der Waals surface area contributed by atoms with Gasteiger partial charge in [-0.05, 0) is 31.2 Å². The van der Waals surface area contributed by atoms with E-state index in [1.807, 2.05) is 18.9 Å². The fourth-order valence-corrected chi connectivity index (χ4v) is 2.40. The van der Waals surface area contributed by atoms with Crippen molar-refractivity contribution in [3.05, 3.63) is 35.6 Å². The molecule has 3 unspecified atom stereocenters. The van der Waals surface area contributed by atoms with Crippen LogP contribution >= 0.6 is 0 Å². The number of halogens is 1. The number of nitrogens with zero attached hydrogens (tertiary/aromatic N) is 1. The number of aliphatic hydroxyl groups excluding tert-OH is 1. The SMILES string of the molecule is CCC(N)C(c1ccc(F)cc1)N(C)CC(O)COC. The lowest BCUT2D eigenvalue weighted by atomic mass is 9.96. The van der Waals surface area contributed by atoms with Crippen molar-refractivity contribution in [3.8, 4) is 0 Å². The van der Waals surface area contributed by atoms with Crippen molar-refractivity contribution in [2.45, 2.75) is 31.5 Å². The molecule has 0 spiro atoms. The van der Waals surface area contributed by atoms with Crippen LogP contribution in [0.15, 0.2) is 24.3 Å². The molecule has 0 bridgehead atoms. The fourth-order valence-electron chi connectivity index (χ4n) is 2.40. The lowest BCUT2D eigenvalue weighted by Crippen LogP contribution is -2.42. The second-order valence-electron chi connectivity index (χ2n) is 5.12. The maximum atomic E-state index is 13.0. The zero-order chi connectivity index (χ0) is 15.1. The highest BCUT2D eigenvalue weighted by Gasteiger charge is 2.24. The second-order valence-corrected chi connectivity index (χ2v) is 5.12. The number of ether oxygens (including phenoxy) is 1. The number of hydrogen-bond acceptors (Lipinski definition) is 4. The van der Waals surface area contributed by atoms with Gasteiger partial charge in [0.25, 0.3) is 0 Å². The Morgan fingerprint density at radius 1 is 1.35 bits per heavy atom. The molecule has 0 aliphatic rings. The Labute approximate surface area is 120 Å². The number of rotatable bonds is 8. The summed E-state index contributed by atoms with van der Waals surface area (Å²) in [4.78, 5) is 1.99. The summed E-state index contributed by atoms with van der Waals surface area (Å²) in [5.74, 6) is -0.264. The average Bonchev–Trinajstić information content (AvgIpc) is 2.41. The Morgan fingerprint density at radius 2 is 1.95 bits per heavy atom. The molecule has 1 aromatic carbocycles. The first kappa shape index (κ1) is 17.0. The molecule has 4 nitrogen and oxygen atoms in total. The van der Waals surface area contributed by atoms with Crippen molar-refractivity contribution < 1.29 is 14.2 Å². The monoisotopic (exact) mass is 284 g/mol. The van der Waals surface area contributed by atoms with Crippen molar-refractivity contribution in [1.82, 2.24) is 4.90 Å². The Kier molecular flexibility index (Phi) is 7.09. The molecule has 0 radical (unpaired) electrons. The molecular formula is C15H25FN2O2.